The van der Waals surface area contributed by atoms with Gasteiger partial charge in [0.15, 0.2) is 5.96 Å². The molecule has 1 heterocycles. The highest BCUT2D eigenvalue weighted by Gasteiger charge is 2.35. The van der Waals surface area contributed by atoms with Gasteiger partial charge in [0.2, 0.25) is 0 Å². The molecule has 0 aromatic heterocycles. The molecule has 1 aliphatic heterocycles. The van der Waals surface area contributed by atoms with E-state index in [0.29, 0.717) is 18.0 Å². The lowest BCUT2D eigenvalue weighted by Crippen LogP contribution is -2.47. The van der Waals surface area contributed by atoms with E-state index >= 15 is 0 Å². The minimum atomic E-state index is -0.212. The van der Waals surface area contributed by atoms with Gasteiger partial charge in [-0.05, 0) is 31.2 Å². The first-order chi connectivity index (χ1) is 11.9. The number of hydrogen-bond donors (Lipinski definition) is 2. The molecule has 2 atom stereocenters. The third-order valence-corrected chi connectivity index (χ3v) is 4.54. The van der Waals surface area contributed by atoms with Crippen LogP contribution in [0.3, 0.4) is 0 Å². The molecule has 0 aliphatic carbocycles. The molecule has 0 radical (unpaired) electrons. The summed E-state index contributed by atoms with van der Waals surface area (Å²) < 4.78 is 19.8. The quantitative estimate of drug-likeness (QED) is 0.629. The van der Waals surface area contributed by atoms with E-state index in [0.717, 1.165) is 38.5 Å². The van der Waals surface area contributed by atoms with Gasteiger partial charge in [-0.1, -0.05) is 39.0 Å². The Hall–Kier alpha value is -1.62. The lowest BCUT2D eigenvalue weighted by atomic mass is 9.78. The van der Waals surface area contributed by atoms with E-state index in [1.807, 2.05) is 13.0 Å². The molecule has 5 heteroatoms. The third-order valence-electron chi connectivity index (χ3n) is 4.54. The van der Waals surface area contributed by atoms with Crippen LogP contribution in [0, 0.1) is 17.2 Å². The fourth-order valence-electron chi connectivity index (χ4n) is 3.37. The standard InChI is InChI=1S/C20H32FN3O/c1-5-22-19(23-13-15-9-6-7-11-17(15)21)24-14-16-10-8-12-25-18(16)20(2,3)4/h6-7,9,11,16,18H,5,8,10,12-14H2,1-4H3,(H2,22,23,24). The highest BCUT2D eigenvalue weighted by atomic mass is 19.1. The smallest absolute Gasteiger partial charge is 0.191 e. The average Bonchev–Trinajstić information content (AvgIpc) is 2.58. The Morgan fingerprint density at radius 3 is 2.72 bits per heavy atom. The van der Waals surface area contributed by atoms with Crippen molar-refractivity contribution in [1.82, 2.24) is 10.6 Å². The van der Waals surface area contributed by atoms with Crippen LogP contribution in [-0.4, -0.2) is 31.8 Å². The van der Waals surface area contributed by atoms with Crippen molar-refractivity contribution < 1.29 is 9.13 Å². The van der Waals surface area contributed by atoms with E-state index in [2.05, 4.69) is 36.4 Å². The van der Waals surface area contributed by atoms with Gasteiger partial charge >= 0.3 is 0 Å². The highest BCUT2D eigenvalue weighted by Crippen LogP contribution is 2.33. The molecular formula is C20H32FN3O. The number of aliphatic imine (C=N–C) groups is 1. The summed E-state index contributed by atoms with van der Waals surface area (Å²) in [6.07, 6.45) is 2.49. The van der Waals surface area contributed by atoms with Gasteiger partial charge in [0.1, 0.15) is 5.82 Å². The largest absolute Gasteiger partial charge is 0.377 e. The first kappa shape index (κ1) is 19.7. The summed E-state index contributed by atoms with van der Waals surface area (Å²) in [5.74, 6) is 0.964. The molecule has 1 aliphatic rings. The van der Waals surface area contributed by atoms with Gasteiger partial charge in [0.25, 0.3) is 0 Å². The van der Waals surface area contributed by atoms with E-state index in [-0.39, 0.29) is 17.3 Å². The topological polar surface area (TPSA) is 45.7 Å². The molecule has 1 saturated heterocycles. The molecule has 2 unspecified atom stereocenters. The average molecular weight is 349 g/mol. The van der Waals surface area contributed by atoms with Gasteiger partial charge in [0, 0.05) is 31.2 Å². The van der Waals surface area contributed by atoms with Crippen molar-refractivity contribution in [2.45, 2.75) is 53.2 Å². The maximum atomic E-state index is 13.8. The van der Waals surface area contributed by atoms with Crippen LogP contribution in [0.15, 0.2) is 29.3 Å². The van der Waals surface area contributed by atoms with Crippen LogP contribution < -0.4 is 10.6 Å². The van der Waals surface area contributed by atoms with E-state index in [1.54, 1.807) is 12.1 Å². The number of hydrogen-bond acceptors (Lipinski definition) is 2. The van der Waals surface area contributed by atoms with E-state index in [4.69, 9.17) is 4.74 Å². The molecule has 4 nitrogen and oxygen atoms in total. The Bertz CT molecular complexity index is 568. The maximum absolute atomic E-state index is 13.8. The van der Waals surface area contributed by atoms with Crippen LogP contribution in [0.5, 0.6) is 0 Å². The number of guanidine groups is 1. The SMILES string of the molecule is CCNC(=NCc1ccccc1F)NCC1CCCOC1C(C)(C)C. The van der Waals surface area contributed by atoms with Crippen molar-refractivity contribution in [2.24, 2.45) is 16.3 Å². The van der Waals surface area contributed by atoms with Crippen molar-refractivity contribution in [3.8, 4) is 0 Å². The molecule has 140 valence electrons. The summed E-state index contributed by atoms with van der Waals surface area (Å²) in [5.41, 5.74) is 0.725. The van der Waals surface area contributed by atoms with Crippen molar-refractivity contribution in [1.29, 1.82) is 0 Å². The molecule has 1 fully saturated rings. The van der Waals surface area contributed by atoms with Crippen LogP contribution in [0.1, 0.15) is 46.1 Å². The summed E-state index contributed by atoms with van der Waals surface area (Å²) in [7, 11) is 0. The maximum Gasteiger partial charge on any atom is 0.191 e. The Kier molecular flexibility index (Phi) is 7.24. The summed E-state index contributed by atoms with van der Waals surface area (Å²) in [6, 6.07) is 6.77. The van der Waals surface area contributed by atoms with Crippen molar-refractivity contribution >= 4 is 5.96 Å². The summed E-state index contributed by atoms with van der Waals surface area (Å²) in [6.45, 7) is 11.5. The summed E-state index contributed by atoms with van der Waals surface area (Å²) in [5, 5.41) is 6.66. The van der Waals surface area contributed by atoms with Crippen LogP contribution in [0.4, 0.5) is 4.39 Å². The predicted molar refractivity (Wildman–Crippen MR) is 101 cm³/mol. The zero-order valence-corrected chi connectivity index (χ0v) is 15.9. The van der Waals surface area contributed by atoms with Crippen LogP contribution in [0.2, 0.25) is 0 Å². The minimum absolute atomic E-state index is 0.120. The number of halogens is 1. The number of benzene rings is 1. The van der Waals surface area contributed by atoms with Crippen LogP contribution in [-0.2, 0) is 11.3 Å². The monoisotopic (exact) mass is 349 g/mol. The Labute approximate surface area is 151 Å². The number of ether oxygens (including phenoxy) is 1. The van der Waals surface area contributed by atoms with Crippen molar-refractivity contribution in [2.75, 3.05) is 19.7 Å². The molecule has 0 saturated carbocycles. The van der Waals surface area contributed by atoms with E-state index in [9.17, 15) is 4.39 Å². The van der Waals surface area contributed by atoms with Crippen molar-refractivity contribution in [3.05, 3.63) is 35.6 Å². The van der Waals surface area contributed by atoms with Gasteiger partial charge in [0.05, 0.1) is 12.6 Å². The second-order valence-corrected chi connectivity index (χ2v) is 7.73. The minimum Gasteiger partial charge on any atom is -0.377 e. The molecule has 25 heavy (non-hydrogen) atoms. The van der Waals surface area contributed by atoms with E-state index < -0.39 is 0 Å². The Morgan fingerprint density at radius 1 is 1.28 bits per heavy atom. The Balaban J connectivity index is 1.98. The van der Waals surface area contributed by atoms with Gasteiger partial charge in [-0.15, -0.1) is 0 Å². The fourth-order valence-corrected chi connectivity index (χ4v) is 3.37. The first-order valence-electron chi connectivity index (χ1n) is 9.29. The summed E-state index contributed by atoms with van der Waals surface area (Å²) in [4.78, 5) is 4.53. The lowest BCUT2D eigenvalue weighted by Gasteiger charge is -2.40. The third kappa shape index (κ3) is 5.99. The zero-order chi connectivity index (χ0) is 18.3. The molecule has 1 aromatic rings. The van der Waals surface area contributed by atoms with Gasteiger partial charge in [-0.25, -0.2) is 9.38 Å². The fraction of sp³-hybridized carbons (Fsp3) is 0.650. The van der Waals surface area contributed by atoms with Gasteiger partial charge in [-0.2, -0.15) is 0 Å². The van der Waals surface area contributed by atoms with Gasteiger partial charge < -0.3 is 15.4 Å². The van der Waals surface area contributed by atoms with Crippen LogP contribution >= 0.6 is 0 Å². The number of nitrogens with one attached hydrogen (secondary N) is 2. The number of nitrogens with zero attached hydrogens (tertiary/aromatic N) is 1. The van der Waals surface area contributed by atoms with E-state index in [1.165, 1.54) is 6.07 Å². The van der Waals surface area contributed by atoms with Crippen molar-refractivity contribution in [3.63, 3.8) is 0 Å². The zero-order valence-electron chi connectivity index (χ0n) is 15.9. The molecule has 0 bridgehead atoms. The lowest BCUT2D eigenvalue weighted by molar-refractivity contribution is -0.0835. The molecule has 2 rings (SSSR count). The molecule has 0 spiro atoms. The molecular weight excluding hydrogens is 317 g/mol. The molecule has 1 aromatic carbocycles. The Morgan fingerprint density at radius 2 is 2.04 bits per heavy atom. The predicted octanol–water partition coefficient (Wildman–Crippen LogP) is 3.72. The number of rotatable bonds is 5. The normalized spacial score (nSPS) is 21.9. The summed E-state index contributed by atoms with van der Waals surface area (Å²) >= 11 is 0. The van der Waals surface area contributed by atoms with Gasteiger partial charge in [-0.3, -0.25) is 0 Å². The first-order valence-corrected chi connectivity index (χ1v) is 9.29. The second kappa shape index (κ2) is 9.18. The van der Waals surface area contributed by atoms with Crippen LogP contribution in [0.25, 0.3) is 0 Å². The molecule has 0 amide bonds. The highest BCUT2D eigenvalue weighted by molar-refractivity contribution is 5.79. The second-order valence-electron chi connectivity index (χ2n) is 7.73. The molecule has 2 N–H and O–H groups in total.